The molecular weight excluding hydrogens is 238 g/mol. The first-order valence-electron chi connectivity index (χ1n) is 5.64. The molecule has 0 heterocycles. The van der Waals surface area contributed by atoms with E-state index in [1.54, 1.807) is 25.1 Å². The minimum atomic E-state index is -0.235. The second kappa shape index (κ2) is 6.03. The SMILES string of the molecule is Cc1c(Cl)cccc1C(=O)NC(CO)C(C)C. The Labute approximate surface area is 107 Å². The van der Waals surface area contributed by atoms with Crippen molar-refractivity contribution in [2.45, 2.75) is 26.8 Å². The Kier molecular flexibility index (Phi) is 4.97. The number of hydrogen-bond acceptors (Lipinski definition) is 2. The predicted octanol–water partition coefficient (Wildman–Crippen LogP) is 2.40. The number of nitrogens with one attached hydrogen (secondary N) is 1. The molecule has 1 aromatic carbocycles. The van der Waals surface area contributed by atoms with Crippen LogP contribution in [0.3, 0.4) is 0 Å². The maximum atomic E-state index is 12.0. The van der Waals surface area contributed by atoms with Gasteiger partial charge in [0, 0.05) is 10.6 Å². The van der Waals surface area contributed by atoms with Crippen LogP contribution < -0.4 is 5.32 Å². The number of aliphatic hydroxyl groups excluding tert-OH is 1. The van der Waals surface area contributed by atoms with Crippen molar-refractivity contribution in [3.63, 3.8) is 0 Å². The van der Waals surface area contributed by atoms with Gasteiger partial charge in [-0.1, -0.05) is 31.5 Å². The molecule has 0 bridgehead atoms. The van der Waals surface area contributed by atoms with Gasteiger partial charge in [-0.3, -0.25) is 4.79 Å². The number of aliphatic hydroxyl groups is 1. The van der Waals surface area contributed by atoms with Crippen LogP contribution in [-0.2, 0) is 0 Å². The van der Waals surface area contributed by atoms with E-state index in [0.717, 1.165) is 5.56 Å². The second-order valence-electron chi connectivity index (χ2n) is 4.42. The fourth-order valence-corrected chi connectivity index (χ4v) is 1.70. The quantitative estimate of drug-likeness (QED) is 0.868. The van der Waals surface area contributed by atoms with Gasteiger partial charge < -0.3 is 10.4 Å². The lowest BCUT2D eigenvalue weighted by molar-refractivity contribution is 0.0896. The molecule has 0 fully saturated rings. The second-order valence-corrected chi connectivity index (χ2v) is 4.83. The number of hydrogen-bond donors (Lipinski definition) is 2. The summed E-state index contributed by atoms with van der Waals surface area (Å²) < 4.78 is 0. The maximum Gasteiger partial charge on any atom is 0.251 e. The Morgan fingerprint density at radius 3 is 2.65 bits per heavy atom. The average Bonchev–Trinajstić information content (AvgIpc) is 2.28. The molecule has 94 valence electrons. The van der Waals surface area contributed by atoms with Crippen molar-refractivity contribution < 1.29 is 9.90 Å². The van der Waals surface area contributed by atoms with Crippen molar-refractivity contribution in [3.05, 3.63) is 34.3 Å². The lowest BCUT2D eigenvalue weighted by Crippen LogP contribution is -2.41. The van der Waals surface area contributed by atoms with Gasteiger partial charge in [0.25, 0.3) is 5.91 Å². The summed E-state index contributed by atoms with van der Waals surface area (Å²) in [7, 11) is 0. The number of carbonyl (C=O) groups is 1. The van der Waals surface area contributed by atoms with E-state index in [-0.39, 0.29) is 24.5 Å². The zero-order chi connectivity index (χ0) is 13.0. The molecule has 1 rings (SSSR count). The first-order chi connectivity index (χ1) is 7.97. The van der Waals surface area contributed by atoms with Crippen molar-refractivity contribution in [1.29, 1.82) is 0 Å². The molecule has 3 nitrogen and oxygen atoms in total. The molecule has 1 aromatic rings. The van der Waals surface area contributed by atoms with Gasteiger partial charge in [-0.2, -0.15) is 0 Å². The van der Waals surface area contributed by atoms with Gasteiger partial charge in [-0.25, -0.2) is 0 Å². The zero-order valence-corrected chi connectivity index (χ0v) is 11.1. The standard InChI is InChI=1S/C13H18ClNO2/c1-8(2)12(7-16)15-13(17)10-5-4-6-11(14)9(10)3/h4-6,8,12,16H,7H2,1-3H3,(H,15,17). The summed E-state index contributed by atoms with van der Waals surface area (Å²) >= 11 is 5.96. The van der Waals surface area contributed by atoms with Gasteiger partial charge in [0.1, 0.15) is 0 Å². The van der Waals surface area contributed by atoms with Crippen LogP contribution in [0, 0.1) is 12.8 Å². The van der Waals surface area contributed by atoms with Crippen LogP contribution in [0.25, 0.3) is 0 Å². The molecule has 1 amide bonds. The minimum Gasteiger partial charge on any atom is -0.394 e. The highest BCUT2D eigenvalue weighted by Crippen LogP contribution is 2.18. The summed E-state index contributed by atoms with van der Waals surface area (Å²) in [5.74, 6) is -0.0128. The normalized spacial score (nSPS) is 12.6. The van der Waals surface area contributed by atoms with Crippen LogP contribution in [-0.4, -0.2) is 23.7 Å². The number of halogens is 1. The molecule has 17 heavy (non-hydrogen) atoms. The minimum absolute atomic E-state index is 0.0664. The van der Waals surface area contributed by atoms with Gasteiger partial charge >= 0.3 is 0 Å². The highest BCUT2D eigenvalue weighted by Gasteiger charge is 2.17. The Morgan fingerprint density at radius 2 is 2.12 bits per heavy atom. The van der Waals surface area contributed by atoms with Crippen molar-refractivity contribution >= 4 is 17.5 Å². The summed E-state index contributed by atoms with van der Waals surface area (Å²) in [6.07, 6.45) is 0. The number of carbonyl (C=O) groups excluding carboxylic acids is 1. The van der Waals surface area contributed by atoms with Crippen LogP contribution in [0.5, 0.6) is 0 Å². The molecule has 0 saturated heterocycles. The largest absolute Gasteiger partial charge is 0.394 e. The van der Waals surface area contributed by atoms with E-state index in [0.29, 0.717) is 10.6 Å². The van der Waals surface area contributed by atoms with E-state index in [1.165, 1.54) is 0 Å². The van der Waals surface area contributed by atoms with Gasteiger partial charge in [0.15, 0.2) is 0 Å². The van der Waals surface area contributed by atoms with E-state index in [2.05, 4.69) is 5.32 Å². The number of amides is 1. The maximum absolute atomic E-state index is 12.0. The van der Waals surface area contributed by atoms with Crippen molar-refractivity contribution in [2.75, 3.05) is 6.61 Å². The third-order valence-electron chi connectivity index (χ3n) is 2.83. The lowest BCUT2D eigenvalue weighted by atomic mass is 10.0. The molecule has 0 saturated carbocycles. The summed E-state index contributed by atoms with van der Waals surface area (Å²) in [5, 5.41) is 12.6. The first-order valence-corrected chi connectivity index (χ1v) is 6.02. The fraction of sp³-hybridized carbons (Fsp3) is 0.462. The van der Waals surface area contributed by atoms with E-state index in [4.69, 9.17) is 11.6 Å². The Morgan fingerprint density at radius 1 is 1.47 bits per heavy atom. The van der Waals surface area contributed by atoms with Crippen LogP contribution in [0.4, 0.5) is 0 Å². The third-order valence-corrected chi connectivity index (χ3v) is 3.24. The van der Waals surface area contributed by atoms with Crippen LogP contribution in [0.2, 0.25) is 5.02 Å². The van der Waals surface area contributed by atoms with Crippen LogP contribution in [0.1, 0.15) is 29.8 Å². The predicted molar refractivity (Wildman–Crippen MR) is 69.4 cm³/mol. The van der Waals surface area contributed by atoms with Gasteiger partial charge in [0.05, 0.1) is 12.6 Å². The zero-order valence-electron chi connectivity index (χ0n) is 10.3. The summed E-state index contributed by atoms with van der Waals surface area (Å²) in [6, 6.07) is 4.99. The average molecular weight is 256 g/mol. The fourth-order valence-electron chi connectivity index (χ4n) is 1.52. The van der Waals surface area contributed by atoms with E-state index < -0.39 is 0 Å². The van der Waals surface area contributed by atoms with E-state index in [9.17, 15) is 9.90 Å². The lowest BCUT2D eigenvalue weighted by Gasteiger charge is -2.20. The topological polar surface area (TPSA) is 49.3 Å². The molecule has 2 N–H and O–H groups in total. The number of rotatable bonds is 4. The molecule has 0 aliphatic carbocycles. The monoisotopic (exact) mass is 255 g/mol. The van der Waals surface area contributed by atoms with Crippen LogP contribution in [0.15, 0.2) is 18.2 Å². The van der Waals surface area contributed by atoms with Crippen molar-refractivity contribution in [2.24, 2.45) is 5.92 Å². The van der Waals surface area contributed by atoms with Crippen molar-refractivity contribution in [1.82, 2.24) is 5.32 Å². The summed E-state index contributed by atoms with van der Waals surface area (Å²) in [6.45, 7) is 5.64. The molecule has 0 aliphatic heterocycles. The molecule has 1 unspecified atom stereocenters. The molecule has 0 spiro atoms. The Bertz CT molecular complexity index is 404. The number of benzene rings is 1. The van der Waals surface area contributed by atoms with Crippen LogP contribution >= 0.6 is 11.6 Å². The third kappa shape index (κ3) is 3.45. The molecule has 0 radical (unpaired) electrons. The van der Waals surface area contributed by atoms with Gasteiger partial charge in [-0.15, -0.1) is 0 Å². The summed E-state index contributed by atoms with van der Waals surface area (Å²) in [5.41, 5.74) is 1.31. The molecule has 4 heteroatoms. The molecule has 0 aliphatic rings. The van der Waals surface area contributed by atoms with E-state index in [1.807, 2.05) is 13.8 Å². The molecule has 1 atom stereocenters. The highest BCUT2D eigenvalue weighted by molar-refractivity contribution is 6.31. The van der Waals surface area contributed by atoms with Crippen molar-refractivity contribution in [3.8, 4) is 0 Å². The van der Waals surface area contributed by atoms with E-state index >= 15 is 0 Å². The van der Waals surface area contributed by atoms with Gasteiger partial charge in [0.2, 0.25) is 0 Å². The molecular formula is C13H18ClNO2. The summed E-state index contributed by atoms with van der Waals surface area (Å²) in [4.78, 5) is 12.0. The Balaban J connectivity index is 2.86. The first kappa shape index (κ1) is 14.0. The smallest absolute Gasteiger partial charge is 0.251 e. The van der Waals surface area contributed by atoms with Gasteiger partial charge in [-0.05, 0) is 30.5 Å². The molecule has 0 aromatic heterocycles. The highest BCUT2D eigenvalue weighted by atomic mass is 35.5. The Hall–Kier alpha value is -1.06.